The molecule has 1 unspecified atom stereocenters. The van der Waals surface area contributed by atoms with Gasteiger partial charge in [0.05, 0.1) is 11.6 Å². The summed E-state index contributed by atoms with van der Waals surface area (Å²) in [6, 6.07) is 3.55. The first kappa shape index (κ1) is 10.7. The van der Waals surface area contributed by atoms with Crippen molar-refractivity contribution in [1.29, 1.82) is 0 Å². The highest BCUT2D eigenvalue weighted by Crippen LogP contribution is 2.36. The molecule has 2 nitrogen and oxygen atoms in total. The van der Waals surface area contributed by atoms with E-state index in [0.717, 1.165) is 18.4 Å². The van der Waals surface area contributed by atoms with Gasteiger partial charge in [0, 0.05) is 11.6 Å². The molecule has 0 amide bonds. The Morgan fingerprint density at radius 2 is 2.33 bits per heavy atom. The Labute approximate surface area is 93.4 Å². The maximum atomic E-state index is 13.7. The number of fused-ring (bicyclic) bond motifs is 1. The topological polar surface area (TPSA) is 21.3 Å². The molecule has 4 heteroatoms. The second-order valence-corrected chi connectivity index (χ2v) is 4.02. The van der Waals surface area contributed by atoms with Crippen LogP contribution in [-0.2, 0) is 0 Å². The van der Waals surface area contributed by atoms with E-state index in [1.54, 1.807) is 6.07 Å². The van der Waals surface area contributed by atoms with Gasteiger partial charge in [0.2, 0.25) is 0 Å². The Balaban J connectivity index is 2.49. The van der Waals surface area contributed by atoms with E-state index in [1.165, 1.54) is 0 Å². The molecule has 1 aromatic carbocycles. The Kier molecular flexibility index (Phi) is 3.12. The third-order valence-corrected chi connectivity index (χ3v) is 2.98. The van der Waals surface area contributed by atoms with Crippen molar-refractivity contribution in [3.63, 3.8) is 0 Å². The summed E-state index contributed by atoms with van der Waals surface area (Å²) in [4.78, 5) is 0. The highest BCUT2D eigenvalue weighted by Gasteiger charge is 2.22. The fourth-order valence-electron chi connectivity index (χ4n) is 1.89. The summed E-state index contributed by atoms with van der Waals surface area (Å²) in [5.41, 5.74) is 0.858. The van der Waals surface area contributed by atoms with Crippen LogP contribution in [0.4, 0.5) is 4.39 Å². The number of halogens is 2. The lowest BCUT2D eigenvalue weighted by Gasteiger charge is -2.16. The van der Waals surface area contributed by atoms with Crippen LogP contribution in [0.2, 0.25) is 5.02 Å². The quantitative estimate of drug-likeness (QED) is 0.800. The molecule has 0 saturated carbocycles. The molecule has 1 heterocycles. The van der Waals surface area contributed by atoms with Gasteiger partial charge in [0.1, 0.15) is 0 Å². The number of hydrogen-bond donors (Lipinski definition) is 1. The van der Waals surface area contributed by atoms with Gasteiger partial charge in [-0.3, -0.25) is 0 Å². The Morgan fingerprint density at radius 1 is 1.53 bits per heavy atom. The zero-order valence-electron chi connectivity index (χ0n) is 8.52. The van der Waals surface area contributed by atoms with E-state index in [2.05, 4.69) is 5.32 Å². The van der Waals surface area contributed by atoms with Crippen molar-refractivity contribution < 1.29 is 9.13 Å². The predicted molar refractivity (Wildman–Crippen MR) is 57.9 cm³/mol. The second-order valence-electron chi connectivity index (χ2n) is 3.61. The highest BCUT2D eigenvalue weighted by molar-refractivity contribution is 6.30. The first-order valence-electron chi connectivity index (χ1n) is 5.02. The van der Waals surface area contributed by atoms with Gasteiger partial charge < -0.3 is 10.1 Å². The van der Waals surface area contributed by atoms with Crippen LogP contribution in [0, 0.1) is 5.82 Å². The van der Waals surface area contributed by atoms with Crippen LogP contribution in [-0.4, -0.2) is 13.7 Å². The lowest BCUT2D eigenvalue weighted by molar-refractivity contribution is 0.300. The Bertz CT molecular complexity index is 370. The standard InChI is InChI=1S/C11H13ClFNO/c1-14-9-3-2-6-15-11-7(9)4-5-8(12)10(11)13/h4-5,9,14H,2-3,6H2,1H3. The summed E-state index contributed by atoms with van der Waals surface area (Å²) >= 11 is 5.71. The van der Waals surface area contributed by atoms with Crippen LogP contribution in [0.15, 0.2) is 12.1 Å². The molecule has 0 fully saturated rings. The minimum Gasteiger partial charge on any atom is -0.490 e. The van der Waals surface area contributed by atoms with Gasteiger partial charge in [0.15, 0.2) is 11.6 Å². The Hall–Kier alpha value is -0.800. The van der Waals surface area contributed by atoms with Crippen molar-refractivity contribution in [2.75, 3.05) is 13.7 Å². The molecule has 1 atom stereocenters. The molecule has 1 N–H and O–H groups in total. The van der Waals surface area contributed by atoms with E-state index in [-0.39, 0.29) is 11.1 Å². The van der Waals surface area contributed by atoms with Crippen molar-refractivity contribution in [2.24, 2.45) is 0 Å². The Morgan fingerprint density at radius 3 is 3.07 bits per heavy atom. The number of rotatable bonds is 1. The summed E-state index contributed by atoms with van der Waals surface area (Å²) in [5.74, 6) is -0.143. The fourth-order valence-corrected chi connectivity index (χ4v) is 2.03. The third-order valence-electron chi connectivity index (χ3n) is 2.69. The number of hydrogen-bond acceptors (Lipinski definition) is 2. The number of benzene rings is 1. The lowest BCUT2D eigenvalue weighted by atomic mass is 10.0. The summed E-state index contributed by atoms with van der Waals surface area (Å²) in [7, 11) is 1.87. The van der Waals surface area contributed by atoms with Gasteiger partial charge in [0.25, 0.3) is 0 Å². The molecule has 82 valence electrons. The largest absolute Gasteiger partial charge is 0.490 e. The van der Waals surface area contributed by atoms with Crippen molar-refractivity contribution >= 4 is 11.6 Å². The average molecular weight is 230 g/mol. The molecule has 0 saturated heterocycles. The smallest absolute Gasteiger partial charge is 0.183 e. The van der Waals surface area contributed by atoms with Gasteiger partial charge in [-0.15, -0.1) is 0 Å². The first-order chi connectivity index (χ1) is 7.24. The monoisotopic (exact) mass is 229 g/mol. The molecule has 0 radical (unpaired) electrons. The predicted octanol–water partition coefficient (Wildman–Crippen LogP) is 2.91. The molecule has 0 spiro atoms. The van der Waals surface area contributed by atoms with Crippen molar-refractivity contribution in [1.82, 2.24) is 5.32 Å². The van der Waals surface area contributed by atoms with Crippen molar-refractivity contribution in [3.8, 4) is 5.75 Å². The van der Waals surface area contributed by atoms with Crippen LogP contribution >= 0.6 is 11.6 Å². The molecule has 0 aliphatic carbocycles. The maximum Gasteiger partial charge on any atom is 0.183 e. The van der Waals surface area contributed by atoms with Gasteiger partial charge in [-0.1, -0.05) is 17.7 Å². The van der Waals surface area contributed by atoms with Crippen LogP contribution in [0.1, 0.15) is 24.4 Å². The minimum atomic E-state index is -0.448. The van der Waals surface area contributed by atoms with Crippen LogP contribution in [0.3, 0.4) is 0 Å². The van der Waals surface area contributed by atoms with E-state index >= 15 is 0 Å². The molecule has 1 aliphatic heterocycles. The summed E-state index contributed by atoms with van der Waals surface area (Å²) in [6.07, 6.45) is 1.86. The van der Waals surface area contributed by atoms with Crippen LogP contribution in [0.25, 0.3) is 0 Å². The third kappa shape index (κ3) is 1.94. The van der Waals surface area contributed by atoms with E-state index < -0.39 is 5.82 Å². The highest BCUT2D eigenvalue weighted by atomic mass is 35.5. The van der Waals surface area contributed by atoms with Crippen molar-refractivity contribution in [3.05, 3.63) is 28.5 Å². The zero-order valence-corrected chi connectivity index (χ0v) is 9.27. The number of nitrogens with one attached hydrogen (secondary N) is 1. The first-order valence-corrected chi connectivity index (χ1v) is 5.40. The average Bonchev–Trinajstić information content (AvgIpc) is 2.45. The lowest BCUT2D eigenvalue weighted by Crippen LogP contribution is -2.15. The molecule has 1 aromatic rings. The number of ether oxygens (including phenoxy) is 1. The van der Waals surface area contributed by atoms with Gasteiger partial charge in [-0.05, 0) is 26.0 Å². The molecule has 2 rings (SSSR count). The molecule has 0 bridgehead atoms. The molecular formula is C11H13ClFNO. The summed E-state index contributed by atoms with van der Waals surface area (Å²) < 4.78 is 19.1. The maximum absolute atomic E-state index is 13.7. The van der Waals surface area contributed by atoms with Crippen LogP contribution < -0.4 is 10.1 Å². The second kappa shape index (κ2) is 4.37. The molecule has 0 aromatic heterocycles. The SMILES string of the molecule is CNC1CCCOc2c1ccc(Cl)c2F. The van der Waals surface area contributed by atoms with E-state index in [0.29, 0.717) is 12.4 Å². The van der Waals surface area contributed by atoms with Gasteiger partial charge >= 0.3 is 0 Å². The van der Waals surface area contributed by atoms with E-state index in [4.69, 9.17) is 16.3 Å². The molecular weight excluding hydrogens is 217 g/mol. The normalized spacial score (nSPS) is 20.3. The van der Waals surface area contributed by atoms with Gasteiger partial charge in [-0.2, -0.15) is 0 Å². The summed E-state index contributed by atoms with van der Waals surface area (Å²) in [5, 5.41) is 3.27. The molecule has 1 aliphatic rings. The fraction of sp³-hybridized carbons (Fsp3) is 0.455. The van der Waals surface area contributed by atoms with E-state index in [9.17, 15) is 4.39 Å². The minimum absolute atomic E-state index is 0.116. The summed E-state index contributed by atoms with van der Waals surface area (Å²) in [6.45, 7) is 0.544. The van der Waals surface area contributed by atoms with Crippen LogP contribution in [0.5, 0.6) is 5.75 Å². The van der Waals surface area contributed by atoms with Gasteiger partial charge in [-0.25, -0.2) is 4.39 Å². The zero-order chi connectivity index (χ0) is 10.8. The molecule has 15 heavy (non-hydrogen) atoms. The van der Waals surface area contributed by atoms with Crippen molar-refractivity contribution in [2.45, 2.75) is 18.9 Å². The van der Waals surface area contributed by atoms with E-state index in [1.807, 2.05) is 13.1 Å².